The van der Waals surface area contributed by atoms with Crippen molar-refractivity contribution in [3.8, 4) is 11.5 Å². The average molecular weight is 271 g/mol. The Bertz CT molecular complexity index is 650. The normalized spacial score (nSPS) is 10.2. The van der Waals surface area contributed by atoms with Gasteiger partial charge in [0, 0.05) is 0 Å². The summed E-state index contributed by atoms with van der Waals surface area (Å²) in [5, 5.41) is 0. The molecule has 0 bridgehead atoms. The van der Waals surface area contributed by atoms with Crippen molar-refractivity contribution >= 4 is 11.7 Å². The third-order valence-electron chi connectivity index (χ3n) is 2.98. The number of carbonyl (C=O) groups is 1. The molecule has 2 aromatic carbocycles. The fourth-order valence-corrected chi connectivity index (χ4v) is 1.92. The van der Waals surface area contributed by atoms with Gasteiger partial charge in [0.05, 0.1) is 18.4 Å². The number of benzene rings is 2. The maximum atomic E-state index is 11.4. The van der Waals surface area contributed by atoms with Gasteiger partial charge in [-0.1, -0.05) is 17.7 Å². The summed E-state index contributed by atoms with van der Waals surface area (Å²) < 4.78 is 10.4. The van der Waals surface area contributed by atoms with Crippen molar-refractivity contribution in [3.05, 3.63) is 53.1 Å². The smallest absolute Gasteiger partial charge is 0.337 e. The molecule has 104 valence electrons. The molecule has 0 aliphatic rings. The molecule has 0 saturated heterocycles. The highest BCUT2D eigenvalue weighted by Gasteiger charge is 2.10. The molecule has 0 spiro atoms. The number of nitrogens with two attached hydrogens (primary N) is 1. The molecule has 0 aliphatic carbocycles. The lowest BCUT2D eigenvalue weighted by Gasteiger charge is -2.12. The summed E-state index contributed by atoms with van der Waals surface area (Å²) in [6.07, 6.45) is 0. The Balaban J connectivity index is 2.28. The van der Waals surface area contributed by atoms with Crippen LogP contribution in [0, 0.1) is 13.8 Å². The second-order valence-corrected chi connectivity index (χ2v) is 4.62. The molecule has 4 nitrogen and oxygen atoms in total. The second kappa shape index (κ2) is 5.65. The van der Waals surface area contributed by atoms with Gasteiger partial charge in [-0.3, -0.25) is 0 Å². The summed E-state index contributed by atoms with van der Waals surface area (Å²) >= 11 is 0. The van der Waals surface area contributed by atoms with Gasteiger partial charge in [0.25, 0.3) is 0 Å². The molecule has 0 amide bonds. The summed E-state index contributed by atoms with van der Waals surface area (Å²) in [5.74, 6) is 0.840. The Hall–Kier alpha value is -2.49. The number of hydrogen-bond donors (Lipinski definition) is 1. The van der Waals surface area contributed by atoms with Crippen LogP contribution in [-0.2, 0) is 4.74 Å². The molecule has 2 aromatic rings. The monoisotopic (exact) mass is 271 g/mol. The van der Waals surface area contributed by atoms with E-state index in [2.05, 4.69) is 4.74 Å². The van der Waals surface area contributed by atoms with Crippen LogP contribution in [0.3, 0.4) is 0 Å². The molecule has 20 heavy (non-hydrogen) atoms. The van der Waals surface area contributed by atoms with Crippen molar-refractivity contribution in [2.75, 3.05) is 12.8 Å². The lowest BCUT2D eigenvalue weighted by Crippen LogP contribution is -2.03. The zero-order valence-corrected chi connectivity index (χ0v) is 11.8. The standard InChI is InChI=1S/C16H17NO3/c1-10-4-6-14(11(2)8-10)20-15-7-5-12(9-13(15)17)16(18)19-3/h4-9H,17H2,1-3H3. The highest BCUT2D eigenvalue weighted by molar-refractivity contribution is 5.90. The average Bonchev–Trinajstić information content (AvgIpc) is 2.42. The highest BCUT2D eigenvalue weighted by atomic mass is 16.5. The van der Waals surface area contributed by atoms with E-state index in [9.17, 15) is 4.79 Å². The van der Waals surface area contributed by atoms with Crippen molar-refractivity contribution in [1.29, 1.82) is 0 Å². The number of nitrogen functional groups attached to an aromatic ring is 1. The van der Waals surface area contributed by atoms with Crippen molar-refractivity contribution < 1.29 is 14.3 Å². The molecule has 0 atom stereocenters. The summed E-state index contributed by atoms with van der Waals surface area (Å²) in [7, 11) is 1.33. The molecular weight excluding hydrogens is 254 g/mol. The van der Waals surface area contributed by atoms with E-state index >= 15 is 0 Å². The Morgan fingerprint density at radius 3 is 2.35 bits per heavy atom. The van der Waals surface area contributed by atoms with Crippen LogP contribution in [-0.4, -0.2) is 13.1 Å². The Morgan fingerprint density at radius 2 is 1.75 bits per heavy atom. The van der Waals surface area contributed by atoms with Crippen molar-refractivity contribution in [2.45, 2.75) is 13.8 Å². The van der Waals surface area contributed by atoms with Crippen LogP contribution in [0.5, 0.6) is 11.5 Å². The van der Waals surface area contributed by atoms with Gasteiger partial charge in [0.15, 0.2) is 0 Å². The van der Waals surface area contributed by atoms with Gasteiger partial charge in [-0.05, 0) is 43.7 Å². The molecule has 0 radical (unpaired) electrons. The predicted octanol–water partition coefficient (Wildman–Crippen LogP) is 3.46. The molecule has 4 heteroatoms. The van der Waals surface area contributed by atoms with Crippen LogP contribution in [0.4, 0.5) is 5.69 Å². The molecule has 0 fully saturated rings. The van der Waals surface area contributed by atoms with E-state index in [1.165, 1.54) is 12.7 Å². The van der Waals surface area contributed by atoms with Gasteiger partial charge in [0.2, 0.25) is 0 Å². The van der Waals surface area contributed by atoms with Gasteiger partial charge >= 0.3 is 5.97 Å². The highest BCUT2D eigenvalue weighted by Crippen LogP contribution is 2.30. The van der Waals surface area contributed by atoms with Gasteiger partial charge < -0.3 is 15.2 Å². The Kier molecular flexibility index (Phi) is 3.94. The van der Waals surface area contributed by atoms with Crippen LogP contribution < -0.4 is 10.5 Å². The van der Waals surface area contributed by atoms with Crippen molar-refractivity contribution in [3.63, 3.8) is 0 Å². The number of hydrogen-bond acceptors (Lipinski definition) is 4. The van der Waals surface area contributed by atoms with E-state index in [4.69, 9.17) is 10.5 Å². The summed E-state index contributed by atoms with van der Waals surface area (Å²) in [6, 6.07) is 10.8. The first-order valence-electron chi connectivity index (χ1n) is 6.24. The van der Waals surface area contributed by atoms with E-state index in [1.807, 2.05) is 32.0 Å². The van der Waals surface area contributed by atoms with E-state index < -0.39 is 5.97 Å². The first-order valence-corrected chi connectivity index (χ1v) is 6.24. The van der Waals surface area contributed by atoms with Crippen LogP contribution in [0.15, 0.2) is 36.4 Å². The zero-order valence-electron chi connectivity index (χ0n) is 11.8. The van der Waals surface area contributed by atoms with Crippen LogP contribution in [0.2, 0.25) is 0 Å². The Labute approximate surface area is 118 Å². The maximum absolute atomic E-state index is 11.4. The molecule has 0 saturated carbocycles. The minimum atomic E-state index is -0.422. The van der Waals surface area contributed by atoms with Crippen molar-refractivity contribution in [1.82, 2.24) is 0 Å². The van der Waals surface area contributed by atoms with Gasteiger partial charge in [-0.15, -0.1) is 0 Å². The first-order chi connectivity index (χ1) is 9.51. The van der Waals surface area contributed by atoms with Gasteiger partial charge in [-0.2, -0.15) is 0 Å². The topological polar surface area (TPSA) is 61.5 Å². The van der Waals surface area contributed by atoms with Crippen LogP contribution in [0.25, 0.3) is 0 Å². The third kappa shape index (κ3) is 2.91. The fourth-order valence-electron chi connectivity index (χ4n) is 1.92. The largest absolute Gasteiger partial charge is 0.465 e. The maximum Gasteiger partial charge on any atom is 0.337 e. The Morgan fingerprint density at radius 1 is 1.05 bits per heavy atom. The zero-order chi connectivity index (χ0) is 14.7. The number of aryl methyl sites for hydroxylation is 2. The van der Waals surface area contributed by atoms with E-state index in [0.717, 1.165) is 11.3 Å². The minimum Gasteiger partial charge on any atom is -0.465 e. The van der Waals surface area contributed by atoms with E-state index in [0.29, 0.717) is 17.0 Å². The SMILES string of the molecule is COC(=O)c1ccc(Oc2ccc(C)cc2C)c(N)c1. The predicted molar refractivity (Wildman–Crippen MR) is 78.2 cm³/mol. The molecular formula is C16H17NO3. The van der Waals surface area contributed by atoms with Crippen LogP contribution >= 0.6 is 0 Å². The van der Waals surface area contributed by atoms with Gasteiger partial charge in [0.1, 0.15) is 11.5 Å². The number of anilines is 1. The number of ether oxygens (including phenoxy) is 2. The molecule has 2 N–H and O–H groups in total. The lowest BCUT2D eigenvalue weighted by atomic mass is 10.1. The molecule has 0 aliphatic heterocycles. The fraction of sp³-hybridized carbons (Fsp3) is 0.188. The summed E-state index contributed by atoms with van der Waals surface area (Å²) in [5.41, 5.74) is 8.91. The number of methoxy groups -OCH3 is 1. The number of carbonyl (C=O) groups excluding carboxylic acids is 1. The molecule has 0 aromatic heterocycles. The molecule has 0 heterocycles. The third-order valence-corrected chi connectivity index (χ3v) is 2.98. The van der Waals surface area contributed by atoms with E-state index in [-0.39, 0.29) is 0 Å². The quantitative estimate of drug-likeness (QED) is 0.686. The number of esters is 1. The second-order valence-electron chi connectivity index (χ2n) is 4.62. The molecule has 2 rings (SSSR count). The van der Waals surface area contributed by atoms with Crippen molar-refractivity contribution in [2.24, 2.45) is 0 Å². The first kappa shape index (κ1) is 13.9. The summed E-state index contributed by atoms with van der Waals surface area (Å²) in [4.78, 5) is 11.4. The van der Waals surface area contributed by atoms with Gasteiger partial charge in [-0.25, -0.2) is 4.79 Å². The lowest BCUT2D eigenvalue weighted by molar-refractivity contribution is 0.0601. The molecule has 0 unspecified atom stereocenters. The number of rotatable bonds is 3. The van der Waals surface area contributed by atoms with Crippen LogP contribution in [0.1, 0.15) is 21.5 Å². The minimum absolute atomic E-state index is 0.396. The van der Waals surface area contributed by atoms with E-state index in [1.54, 1.807) is 18.2 Å². The summed E-state index contributed by atoms with van der Waals surface area (Å²) in [6.45, 7) is 4.00.